The van der Waals surface area contributed by atoms with Crippen LogP contribution in [0.5, 0.6) is 0 Å². The highest BCUT2D eigenvalue weighted by atomic mass is 16.5. The Bertz CT molecular complexity index is 992. The van der Waals surface area contributed by atoms with Crippen LogP contribution in [0.3, 0.4) is 0 Å². The molecule has 1 aliphatic rings. The molecule has 35 heavy (non-hydrogen) atoms. The minimum atomic E-state index is -0.481. The largest absolute Gasteiger partial charge is 0.459 e. The third-order valence-corrected chi connectivity index (χ3v) is 6.63. The highest BCUT2D eigenvalue weighted by Crippen LogP contribution is 2.30. The monoisotopic (exact) mass is 478 g/mol. The SMILES string of the molecule is CCCCCCC1CCC(OC(=O)c2ccc(/C=C/C(=O)OCc3ccc(N)cc3N)cc2)CC1. The zero-order valence-corrected chi connectivity index (χ0v) is 20.7. The van der Waals surface area contributed by atoms with Crippen LogP contribution < -0.4 is 11.5 Å². The lowest BCUT2D eigenvalue weighted by atomic mass is 9.84. The van der Waals surface area contributed by atoms with Crippen LogP contribution >= 0.6 is 0 Å². The summed E-state index contributed by atoms with van der Waals surface area (Å²) in [7, 11) is 0. The molecule has 0 aliphatic heterocycles. The van der Waals surface area contributed by atoms with Crippen LogP contribution in [0.4, 0.5) is 11.4 Å². The quantitative estimate of drug-likeness (QED) is 0.170. The number of nitrogen functional groups attached to an aromatic ring is 2. The molecule has 1 saturated carbocycles. The summed E-state index contributed by atoms with van der Waals surface area (Å²) in [6, 6.07) is 12.1. The number of anilines is 2. The summed E-state index contributed by atoms with van der Waals surface area (Å²) in [5, 5.41) is 0. The Hall–Kier alpha value is -3.28. The van der Waals surface area contributed by atoms with Crippen LogP contribution in [0.15, 0.2) is 48.5 Å². The molecular weight excluding hydrogens is 440 g/mol. The number of hydrogen-bond donors (Lipinski definition) is 2. The van der Waals surface area contributed by atoms with Gasteiger partial charge in [0.15, 0.2) is 0 Å². The normalized spacial score (nSPS) is 17.9. The van der Waals surface area contributed by atoms with Crippen molar-refractivity contribution in [2.24, 2.45) is 5.92 Å². The molecule has 0 saturated heterocycles. The summed E-state index contributed by atoms with van der Waals surface area (Å²) >= 11 is 0. The first kappa shape index (κ1) is 26.3. The Labute approximate surface area is 208 Å². The highest BCUT2D eigenvalue weighted by molar-refractivity contribution is 5.90. The van der Waals surface area contributed by atoms with Gasteiger partial charge in [-0.05, 0) is 67.5 Å². The molecule has 188 valence electrons. The minimum Gasteiger partial charge on any atom is -0.459 e. The lowest BCUT2D eigenvalue weighted by molar-refractivity contribution is -0.138. The molecular formula is C29H38N2O4. The summed E-state index contributed by atoms with van der Waals surface area (Å²) in [5.41, 5.74) is 14.6. The summed E-state index contributed by atoms with van der Waals surface area (Å²) in [6.45, 7) is 2.31. The standard InChI is InChI=1S/C29H38N2O4/c1-2-3-4-5-6-21-9-16-26(17-10-21)35-29(33)23-12-7-22(8-13-23)11-18-28(32)34-20-24-14-15-25(30)19-27(24)31/h7-8,11-15,18-19,21,26H,2-6,9-10,16-17,20,30-31H2,1H3/b18-11+. The average Bonchev–Trinajstić information content (AvgIpc) is 2.86. The molecule has 0 bridgehead atoms. The van der Waals surface area contributed by atoms with Gasteiger partial charge in [-0.3, -0.25) is 0 Å². The van der Waals surface area contributed by atoms with E-state index in [0.717, 1.165) is 37.2 Å². The fraction of sp³-hybridized carbons (Fsp3) is 0.448. The fourth-order valence-electron chi connectivity index (χ4n) is 4.45. The maximum Gasteiger partial charge on any atom is 0.338 e. The Kier molecular flexibility index (Phi) is 10.2. The van der Waals surface area contributed by atoms with Gasteiger partial charge in [0, 0.05) is 23.0 Å². The summed E-state index contributed by atoms with van der Waals surface area (Å²) in [6.07, 6.45) is 13.8. The number of ether oxygens (including phenoxy) is 2. The molecule has 0 heterocycles. The number of rotatable bonds is 11. The lowest BCUT2D eigenvalue weighted by Gasteiger charge is -2.28. The van der Waals surface area contributed by atoms with Gasteiger partial charge in [-0.1, -0.05) is 57.2 Å². The number of unbranched alkanes of at least 4 members (excludes halogenated alkanes) is 3. The number of nitrogens with two attached hydrogens (primary N) is 2. The molecule has 0 unspecified atom stereocenters. The van der Waals surface area contributed by atoms with E-state index in [0.29, 0.717) is 22.5 Å². The second-order valence-corrected chi connectivity index (χ2v) is 9.42. The number of carbonyl (C=O) groups is 2. The van der Waals surface area contributed by atoms with Crippen molar-refractivity contribution in [2.75, 3.05) is 11.5 Å². The van der Waals surface area contributed by atoms with E-state index < -0.39 is 5.97 Å². The second-order valence-electron chi connectivity index (χ2n) is 9.42. The summed E-state index contributed by atoms with van der Waals surface area (Å²) < 4.78 is 11.0. The van der Waals surface area contributed by atoms with E-state index in [9.17, 15) is 9.59 Å². The van der Waals surface area contributed by atoms with E-state index in [4.69, 9.17) is 20.9 Å². The molecule has 1 aliphatic carbocycles. The van der Waals surface area contributed by atoms with E-state index >= 15 is 0 Å². The first-order valence-corrected chi connectivity index (χ1v) is 12.7. The van der Waals surface area contributed by atoms with Crippen LogP contribution in [-0.2, 0) is 20.9 Å². The number of esters is 2. The fourth-order valence-corrected chi connectivity index (χ4v) is 4.45. The van der Waals surface area contributed by atoms with Crippen molar-refractivity contribution in [1.29, 1.82) is 0 Å². The van der Waals surface area contributed by atoms with Crippen molar-refractivity contribution >= 4 is 29.4 Å². The predicted octanol–water partition coefficient (Wildman–Crippen LogP) is 6.29. The second kappa shape index (κ2) is 13.6. The molecule has 2 aromatic rings. The van der Waals surface area contributed by atoms with Gasteiger partial charge in [-0.25, -0.2) is 9.59 Å². The molecule has 3 rings (SSSR count). The van der Waals surface area contributed by atoms with Gasteiger partial charge in [-0.2, -0.15) is 0 Å². The van der Waals surface area contributed by atoms with Crippen molar-refractivity contribution in [3.63, 3.8) is 0 Å². The Balaban J connectivity index is 1.40. The number of hydrogen-bond acceptors (Lipinski definition) is 6. The van der Waals surface area contributed by atoms with Crippen LogP contribution in [-0.4, -0.2) is 18.0 Å². The van der Waals surface area contributed by atoms with E-state index in [2.05, 4.69) is 6.92 Å². The Morgan fingerprint density at radius 3 is 2.40 bits per heavy atom. The zero-order chi connectivity index (χ0) is 25.0. The van der Waals surface area contributed by atoms with Crippen molar-refractivity contribution in [1.82, 2.24) is 0 Å². The van der Waals surface area contributed by atoms with E-state index in [1.54, 1.807) is 48.5 Å². The first-order valence-electron chi connectivity index (χ1n) is 12.7. The maximum atomic E-state index is 12.6. The van der Waals surface area contributed by atoms with Crippen molar-refractivity contribution in [2.45, 2.75) is 77.4 Å². The van der Waals surface area contributed by atoms with Crippen molar-refractivity contribution < 1.29 is 19.1 Å². The van der Waals surface area contributed by atoms with Crippen LogP contribution in [0.1, 0.15) is 86.2 Å². The summed E-state index contributed by atoms with van der Waals surface area (Å²) in [4.78, 5) is 24.6. The highest BCUT2D eigenvalue weighted by Gasteiger charge is 2.24. The molecule has 4 N–H and O–H groups in total. The van der Waals surface area contributed by atoms with Crippen LogP contribution in [0, 0.1) is 5.92 Å². The smallest absolute Gasteiger partial charge is 0.338 e. The maximum absolute atomic E-state index is 12.6. The molecule has 6 heteroatoms. The van der Waals surface area contributed by atoms with Crippen LogP contribution in [0.25, 0.3) is 6.08 Å². The zero-order valence-electron chi connectivity index (χ0n) is 20.7. The van der Waals surface area contributed by atoms with E-state index in [1.807, 2.05) is 0 Å². The predicted molar refractivity (Wildman–Crippen MR) is 140 cm³/mol. The molecule has 2 aromatic carbocycles. The molecule has 6 nitrogen and oxygen atoms in total. The van der Waals surface area contributed by atoms with Gasteiger partial charge < -0.3 is 20.9 Å². The summed E-state index contributed by atoms with van der Waals surface area (Å²) in [5.74, 6) is 0.0153. The van der Waals surface area contributed by atoms with Gasteiger partial charge in [0.2, 0.25) is 0 Å². The average molecular weight is 479 g/mol. The van der Waals surface area contributed by atoms with Crippen molar-refractivity contribution in [3.05, 3.63) is 65.2 Å². The Morgan fingerprint density at radius 1 is 0.971 bits per heavy atom. The molecule has 0 atom stereocenters. The lowest BCUT2D eigenvalue weighted by Crippen LogP contribution is -2.24. The topological polar surface area (TPSA) is 105 Å². The molecule has 0 aromatic heterocycles. The van der Waals surface area contributed by atoms with Crippen molar-refractivity contribution in [3.8, 4) is 0 Å². The van der Waals surface area contributed by atoms with Crippen LogP contribution in [0.2, 0.25) is 0 Å². The molecule has 0 amide bonds. The van der Waals surface area contributed by atoms with Gasteiger partial charge in [0.25, 0.3) is 0 Å². The minimum absolute atomic E-state index is 0.0128. The van der Waals surface area contributed by atoms with Gasteiger partial charge >= 0.3 is 11.9 Å². The molecule has 0 spiro atoms. The molecule has 1 fully saturated rings. The van der Waals surface area contributed by atoms with Gasteiger partial charge in [0.05, 0.1) is 5.56 Å². The third kappa shape index (κ3) is 8.78. The molecule has 0 radical (unpaired) electrons. The Morgan fingerprint density at radius 2 is 1.71 bits per heavy atom. The van der Waals surface area contributed by atoms with E-state index in [1.165, 1.54) is 38.2 Å². The first-order chi connectivity index (χ1) is 16.9. The van der Waals surface area contributed by atoms with Gasteiger partial charge in [0.1, 0.15) is 12.7 Å². The number of benzene rings is 2. The number of carbonyl (C=O) groups excluding carboxylic acids is 2. The van der Waals surface area contributed by atoms with E-state index in [-0.39, 0.29) is 18.7 Å². The third-order valence-electron chi connectivity index (χ3n) is 6.63. The van der Waals surface area contributed by atoms with Gasteiger partial charge in [-0.15, -0.1) is 0 Å².